The van der Waals surface area contributed by atoms with E-state index in [0.29, 0.717) is 4.47 Å². The zero-order valence-corrected chi connectivity index (χ0v) is 11.3. The first kappa shape index (κ1) is 13.7. The Morgan fingerprint density at radius 2 is 2.06 bits per heavy atom. The van der Waals surface area contributed by atoms with E-state index in [0.717, 1.165) is 18.4 Å². The Balaban J connectivity index is 2.46. The number of hydrogen-bond donors (Lipinski definition) is 1. The predicted molar refractivity (Wildman–Crippen MR) is 69.8 cm³/mol. The molecule has 0 saturated carbocycles. The molecule has 0 aliphatic rings. The Kier molecular flexibility index (Phi) is 5.99. The van der Waals surface area contributed by atoms with E-state index in [1.807, 2.05) is 6.07 Å². The third-order valence-electron chi connectivity index (χ3n) is 2.74. The first-order valence-electron chi connectivity index (χ1n) is 5.85. The van der Waals surface area contributed by atoms with Crippen molar-refractivity contribution in [1.29, 1.82) is 0 Å². The second-order valence-corrected chi connectivity index (χ2v) is 4.98. The Bertz CT molecular complexity index is 328. The maximum Gasteiger partial charge on any atom is 0.137 e. The monoisotopic (exact) mass is 287 g/mol. The first-order chi connectivity index (χ1) is 7.65. The number of benzene rings is 1. The van der Waals surface area contributed by atoms with Gasteiger partial charge in [-0.05, 0) is 40.0 Å². The topological polar surface area (TPSA) is 26.0 Å². The number of rotatable bonds is 6. The van der Waals surface area contributed by atoms with Crippen LogP contribution in [0.5, 0.6) is 0 Å². The molecule has 1 atom stereocenters. The van der Waals surface area contributed by atoms with Crippen LogP contribution < -0.4 is 5.73 Å². The van der Waals surface area contributed by atoms with Gasteiger partial charge in [0.05, 0.1) is 4.47 Å². The number of nitrogens with two attached hydrogens (primary N) is 1. The molecule has 0 spiro atoms. The molecule has 1 unspecified atom stereocenters. The molecule has 0 fully saturated rings. The van der Waals surface area contributed by atoms with Crippen LogP contribution in [-0.4, -0.2) is 0 Å². The van der Waals surface area contributed by atoms with Crippen LogP contribution in [0.2, 0.25) is 0 Å². The Morgan fingerprint density at radius 1 is 1.31 bits per heavy atom. The smallest absolute Gasteiger partial charge is 0.137 e. The van der Waals surface area contributed by atoms with Gasteiger partial charge >= 0.3 is 0 Å². The third-order valence-corrected chi connectivity index (χ3v) is 3.38. The van der Waals surface area contributed by atoms with Gasteiger partial charge < -0.3 is 5.73 Å². The summed E-state index contributed by atoms with van der Waals surface area (Å²) in [7, 11) is 0. The van der Waals surface area contributed by atoms with Crippen molar-refractivity contribution in [3.05, 3.63) is 34.1 Å². The lowest BCUT2D eigenvalue weighted by atomic mass is 10.0. The molecule has 90 valence electrons. The molecule has 0 bridgehead atoms. The van der Waals surface area contributed by atoms with Gasteiger partial charge in [0, 0.05) is 6.04 Å². The summed E-state index contributed by atoms with van der Waals surface area (Å²) in [5, 5.41) is 0. The zero-order valence-electron chi connectivity index (χ0n) is 9.68. The molecule has 0 heterocycles. The zero-order chi connectivity index (χ0) is 12.0. The van der Waals surface area contributed by atoms with Crippen LogP contribution in [0, 0.1) is 5.82 Å². The van der Waals surface area contributed by atoms with Crippen LogP contribution >= 0.6 is 15.9 Å². The van der Waals surface area contributed by atoms with E-state index in [1.165, 1.54) is 25.3 Å². The van der Waals surface area contributed by atoms with Gasteiger partial charge in [-0.1, -0.05) is 38.7 Å². The first-order valence-corrected chi connectivity index (χ1v) is 6.65. The maximum atomic E-state index is 13.3. The van der Waals surface area contributed by atoms with Gasteiger partial charge in [0.25, 0.3) is 0 Å². The molecule has 16 heavy (non-hydrogen) atoms. The largest absolute Gasteiger partial charge is 0.324 e. The van der Waals surface area contributed by atoms with Gasteiger partial charge in [-0.3, -0.25) is 0 Å². The van der Waals surface area contributed by atoms with E-state index in [9.17, 15) is 4.39 Å². The second kappa shape index (κ2) is 7.02. The van der Waals surface area contributed by atoms with Crippen molar-refractivity contribution in [3.8, 4) is 0 Å². The fourth-order valence-electron chi connectivity index (χ4n) is 1.70. The molecule has 0 radical (unpaired) electrons. The minimum atomic E-state index is -0.235. The normalized spacial score (nSPS) is 12.8. The molecule has 0 aromatic heterocycles. The number of hydrogen-bond acceptors (Lipinski definition) is 1. The lowest BCUT2D eigenvalue weighted by Gasteiger charge is -2.12. The van der Waals surface area contributed by atoms with E-state index in [4.69, 9.17) is 5.73 Å². The van der Waals surface area contributed by atoms with E-state index in [1.54, 1.807) is 6.07 Å². The van der Waals surface area contributed by atoms with Crippen molar-refractivity contribution in [1.82, 2.24) is 0 Å². The van der Waals surface area contributed by atoms with Crippen LogP contribution in [0.4, 0.5) is 4.39 Å². The van der Waals surface area contributed by atoms with Crippen LogP contribution in [-0.2, 0) is 0 Å². The molecule has 2 N–H and O–H groups in total. The number of unbranched alkanes of at least 4 members (excludes halogenated alkanes) is 3. The average molecular weight is 288 g/mol. The fraction of sp³-hybridized carbons (Fsp3) is 0.538. The number of halogens is 2. The van der Waals surface area contributed by atoms with Gasteiger partial charge in [-0.15, -0.1) is 0 Å². The Labute approximate surface area is 105 Å². The van der Waals surface area contributed by atoms with Gasteiger partial charge in [-0.2, -0.15) is 0 Å². The van der Waals surface area contributed by atoms with Gasteiger partial charge in [0.15, 0.2) is 0 Å². The fourth-order valence-corrected chi connectivity index (χ4v) is 1.95. The van der Waals surface area contributed by atoms with E-state index in [2.05, 4.69) is 22.9 Å². The molecule has 0 saturated heterocycles. The summed E-state index contributed by atoms with van der Waals surface area (Å²) in [5.41, 5.74) is 6.90. The van der Waals surface area contributed by atoms with Crippen molar-refractivity contribution in [2.75, 3.05) is 0 Å². The summed E-state index contributed by atoms with van der Waals surface area (Å²) < 4.78 is 13.8. The highest BCUT2D eigenvalue weighted by Crippen LogP contribution is 2.22. The molecule has 3 heteroatoms. The minimum absolute atomic E-state index is 0.0422. The SMILES string of the molecule is CCCCCCC(N)c1ccc(Br)c(F)c1. The summed E-state index contributed by atoms with van der Waals surface area (Å²) in [5.74, 6) is -0.235. The molecule has 1 rings (SSSR count). The van der Waals surface area contributed by atoms with Gasteiger partial charge in [0.2, 0.25) is 0 Å². The quantitative estimate of drug-likeness (QED) is 0.763. The molecule has 1 nitrogen and oxygen atoms in total. The summed E-state index contributed by atoms with van der Waals surface area (Å²) >= 11 is 3.14. The van der Waals surface area contributed by atoms with Crippen LogP contribution in [0.3, 0.4) is 0 Å². The second-order valence-electron chi connectivity index (χ2n) is 4.13. The van der Waals surface area contributed by atoms with Crippen molar-refractivity contribution < 1.29 is 4.39 Å². The molecule has 0 amide bonds. The van der Waals surface area contributed by atoms with Crippen LogP contribution in [0.1, 0.15) is 50.6 Å². The van der Waals surface area contributed by atoms with Crippen molar-refractivity contribution >= 4 is 15.9 Å². The van der Waals surface area contributed by atoms with Crippen molar-refractivity contribution in [3.63, 3.8) is 0 Å². The average Bonchev–Trinajstić information content (AvgIpc) is 2.28. The standard InChI is InChI=1S/C13H19BrFN/c1-2-3-4-5-6-13(16)10-7-8-11(14)12(15)9-10/h7-9,13H,2-6,16H2,1H3. The summed E-state index contributed by atoms with van der Waals surface area (Å²) in [4.78, 5) is 0. The summed E-state index contributed by atoms with van der Waals surface area (Å²) in [6, 6.07) is 5.09. The molecule has 1 aromatic carbocycles. The lowest BCUT2D eigenvalue weighted by Crippen LogP contribution is -2.10. The van der Waals surface area contributed by atoms with Crippen molar-refractivity contribution in [2.45, 2.75) is 45.1 Å². The van der Waals surface area contributed by atoms with Crippen LogP contribution in [0.15, 0.2) is 22.7 Å². The van der Waals surface area contributed by atoms with Gasteiger partial charge in [0.1, 0.15) is 5.82 Å². The Hall–Kier alpha value is -0.410. The summed E-state index contributed by atoms with van der Waals surface area (Å²) in [6.07, 6.45) is 5.74. The highest BCUT2D eigenvalue weighted by molar-refractivity contribution is 9.10. The van der Waals surface area contributed by atoms with E-state index >= 15 is 0 Å². The van der Waals surface area contributed by atoms with Crippen LogP contribution in [0.25, 0.3) is 0 Å². The van der Waals surface area contributed by atoms with E-state index in [-0.39, 0.29) is 11.9 Å². The molecule has 1 aromatic rings. The third kappa shape index (κ3) is 4.22. The van der Waals surface area contributed by atoms with Crippen molar-refractivity contribution in [2.24, 2.45) is 5.73 Å². The predicted octanol–water partition coefficient (Wildman–Crippen LogP) is 4.56. The Morgan fingerprint density at radius 3 is 2.69 bits per heavy atom. The minimum Gasteiger partial charge on any atom is -0.324 e. The highest BCUT2D eigenvalue weighted by atomic mass is 79.9. The molecular formula is C13H19BrFN. The van der Waals surface area contributed by atoms with E-state index < -0.39 is 0 Å². The molecular weight excluding hydrogens is 269 g/mol. The lowest BCUT2D eigenvalue weighted by molar-refractivity contribution is 0.559. The molecule has 0 aliphatic carbocycles. The maximum absolute atomic E-state index is 13.3. The van der Waals surface area contributed by atoms with Gasteiger partial charge in [-0.25, -0.2) is 4.39 Å². The molecule has 0 aliphatic heterocycles. The highest BCUT2D eigenvalue weighted by Gasteiger charge is 2.08. The summed E-state index contributed by atoms with van der Waals surface area (Å²) in [6.45, 7) is 2.18.